The Bertz CT molecular complexity index is 1000. The number of pyridine rings is 1. The van der Waals surface area contributed by atoms with E-state index in [0.717, 1.165) is 12.8 Å². The second kappa shape index (κ2) is 6.48. The van der Waals surface area contributed by atoms with E-state index in [1.165, 1.54) is 18.3 Å². The molecule has 0 unspecified atom stereocenters. The molecule has 3 N–H and O–H groups in total. The van der Waals surface area contributed by atoms with Gasteiger partial charge in [-0.15, -0.1) is 0 Å². The first kappa shape index (κ1) is 18.7. The van der Waals surface area contributed by atoms with Crippen molar-refractivity contribution in [3.63, 3.8) is 0 Å². The molecule has 2 aromatic rings. The lowest BCUT2D eigenvalue weighted by molar-refractivity contribution is 0.0868. The Morgan fingerprint density at radius 2 is 2.11 bits per heavy atom. The number of amides is 1. The molecule has 1 amide bonds. The molecule has 5 nitrogen and oxygen atoms in total. The summed E-state index contributed by atoms with van der Waals surface area (Å²) in [5, 5.41) is 3.27. The molecule has 1 spiro atoms. The molecule has 2 heterocycles. The van der Waals surface area contributed by atoms with Crippen molar-refractivity contribution in [2.45, 2.75) is 32.1 Å². The van der Waals surface area contributed by atoms with Crippen LogP contribution in [0.5, 0.6) is 0 Å². The van der Waals surface area contributed by atoms with E-state index in [2.05, 4.69) is 10.3 Å². The summed E-state index contributed by atoms with van der Waals surface area (Å²) >= 11 is 5.90. The summed E-state index contributed by atoms with van der Waals surface area (Å²) in [5.41, 5.74) is 7.06. The van der Waals surface area contributed by atoms with Crippen LogP contribution < -0.4 is 11.1 Å². The number of anilines is 1. The molecule has 7 heteroatoms. The third kappa shape index (κ3) is 3.02. The lowest BCUT2D eigenvalue weighted by atomic mass is 9.68. The maximum absolute atomic E-state index is 14.8. The van der Waals surface area contributed by atoms with Gasteiger partial charge in [0, 0.05) is 28.3 Å². The molecule has 2 aliphatic rings. The van der Waals surface area contributed by atoms with E-state index >= 15 is 0 Å². The Morgan fingerprint density at radius 1 is 1.36 bits per heavy atom. The minimum absolute atomic E-state index is 0.159. The quantitative estimate of drug-likeness (QED) is 0.803. The van der Waals surface area contributed by atoms with Gasteiger partial charge in [0.15, 0.2) is 5.88 Å². The molecular weight excluding hydrogens is 381 g/mol. The van der Waals surface area contributed by atoms with Gasteiger partial charge in [-0.3, -0.25) is 4.79 Å². The van der Waals surface area contributed by atoms with Crippen LogP contribution in [-0.2, 0) is 10.2 Å². The van der Waals surface area contributed by atoms with Crippen LogP contribution in [0.1, 0.15) is 41.4 Å². The number of nitrogens with one attached hydrogen (secondary N) is 1. The summed E-state index contributed by atoms with van der Waals surface area (Å²) in [6.45, 7) is 4.21. The van der Waals surface area contributed by atoms with E-state index in [-0.39, 0.29) is 22.8 Å². The fraction of sp³-hybridized carbons (Fsp3) is 0.333. The van der Waals surface area contributed by atoms with E-state index in [1.54, 1.807) is 25.1 Å². The van der Waals surface area contributed by atoms with Gasteiger partial charge in [0.2, 0.25) is 0 Å². The molecular formula is C21H21ClFN3O2. The van der Waals surface area contributed by atoms with Gasteiger partial charge in [-0.05, 0) is 55.7 Å². The Kier molecular flexibility index (Phi) is 4.34. The molecule has 0 bridgehead atoms. The highest BCUT2D eigenvalue weighted by atomic mass is 35.5. The van der Waals surface area contributed by atoms with Crippen molar-refractivity contribution in [1.82, 2.24) is 4.98 Å². The summed E-state index contributed by atoms with van der Waals surface area (Å²) in [6.07, 6.45) is 5.10. The number of hydrogen-bond acceptors (Lipinski definition) is 4. The standard InChI is InChI=1S/C21H21ClFN3O2/c1-12-7-13(22)10-25-18(12)19(27)26-14-3-4-16(23)15(8-14)20(2)9-17(24)28-11-21(20)5-6-21/h3-4,7-10H,5-6,11,24H2,1-2H3,(H,26,27)/t20-/m1/s1. The number of ether oxygens (including phenoxy) is 1. The smallest absolute Gasteiger partial charge is 0.274 e. The van der Waals surface area contributed by atoms with Gasteiger partial charge in [-0.25, -0.2) is 9.37 Å². The molecule has 1 fully saturated rings. The van der Waals surface area contributed by atoms with Crippen LogP contribution in [0.15, 0.2) is 42.4 Å². The molecule has 1 saturated carbocycles. The zero-order chi connectivity index (χ0) is 20.1. The van der Waals surface area contributed by atoms with Crippen LogP contribution in [0, 0.1) is 18.2 Å². The maximum Gasteiger partial charge on any atom is 0.274 e. The van der Waals surface area contributed by atoms with Crippen molar-refractivity contribution >= 4 is 23.2 Å². The molecule has 1 aromatic carbocycles. The molecule has 0 saturated heterocycles. The van der Waals surface area contributed by atoms with Gasteiger partial charge in [0.1, 0.15) is 11.5 Å². The average molecular weight is 402 g/mol. The number of hydrogen-bond donors (Lipinski definition) is 2. The molecule has 1 aromatic heterocycles. The minimum atomic E-state index is -0.603. The third-order valence-corrected chi connectivity index (χ3v) is 6.15. The van der Waals surface area contributed by atoms with Gasteiger partial charge >= 0.3 is 0 Å². The number of rotatable bonds is 3. The molecule has 0 radical (unpaired) electrons. The van der Waals surface area contributed by atoms with Crippen LogP contribution in [0.25, 0.3) is 0 Å². The second-order valence-corrected chi connectivity index (χ2v) is 8.22. The van der Waals surface area contributed by atoms with Gasteiger partial charge < -0.3 is 15.8 Å². The lowest BCUT2D eigenvalue weighted by Gasteiger charge is -2.40. The number of nitrogens with zero attached hydrogens (tertiary/aromatic N) is 1. The van der Waals surface area contributed by atoms with Crippen molar-refractivity contribution in [3.05, 3.63) is 70.1 Å². The Balaban J connectivity index is 1.68. The van der Waals surface area contributed by atoms with Crippen molar-refractivity contribution in [2.24, 2.45) is 11.1 Å². The molecule has 1 atom stereocenters. The Morgan fingerprint density at radius 3 is 2.79 bits per heavy atom. The fourth-order valence-electron chi connectivity index (χ4n) is 4.00. The number of nitrogens with two attached hydrogens (primary N) is 1. The molecule has 1 aliphatic heterocycles. The molecule has 1 aliphatic carbocycles. The fourth-order valence-corrected chi connectivity index (χ4v) is 4.21. The highest BCUT2D eigenvalue weighted by Crippen LogP contribution is 2.62. The summed E-state index contributed by atoms with van der Waals surface area (Å²) in [4.78, 5) is 16.7. The summed E-state index contributed by atoms with van der Waals surface area (Å²) in [7, 11) is 0. The van der Waals surface area contributed by atoms with Gasteiger partial charge in [-0.1, -0.05) is 18.5 Å². The van der Waals surface area contributed by atoms with Crippen LogP contribution in [0.2, 0.25) is 5.02 Å². The van der Waals surface area contributed by atoms with Crippen LogP contribution in [0.3, 0.4) is 0 Å². The van der Waals surface area contributed by atoms with Crippen molar-refractivity contribution in [3.8, 4) is 0 Å². The number of carbonyl (C=O) groups excluding carboxylic acids is 1. The van der Waals surface area contributed by atoms with Gasteiger partial charge in [0.05, 0.1) is 11.6 Å². The van der Waals surface area contributed by atoms with Gasteiger partial charge in [0.25, 0.3) is 5.91 Å². The first-order chi connectivity index (χ1) is 13.2. The van der Waals surface area contributed by atoms with Crippen LogP contribution in [0.4, 0.5) is 10.1 Å². The van der Waals surface area contributed by atoms with Crippen LogP contribution in [-0.4, -0.2) is 17.5 Å². The molecule has 28 heavy (non-hydrogen) atoms. The first-order valence-corrected chi connectivity index (χ1v) is 9.47. The number of aryl methyl sites for hydroxylation is 1. The van der Waals surface area contributed by atoms with Gasteiger partial charge in [-0.2, -0.15) is 0 Å². The molecule has 146 valence electrons. The average Bonchev–Trinajstić information content (AvgIpc) is 3.41. The second-order valence-electron chi connectivity index (χ2n) is 7.79. The SMILES string of the molecule is Cc1cc(Cl)cnc1C(=O)Nc1ccc(F)c([C@@]2(C)C=C(N)OCC23CC3)c1. The Hall–Kier alpha value is -2.60. The number of allylic oxidation sites excluding steroid dienone is 1. The Labute approximate surface area is 167 Å². The zero-order valence-corrected chi connectivity index (χ0v) is 16.4. The van der Waals surface area contributed by atoms with E-state index in [1.807, 2.05) is 6.92 Å². The molecule has 4 rings (SSSR count). The number of halogens is 2. The van der Waals surface area contributed by atoms with E-state index in [9.17, 15) is 9.18 Å². The maximum atomic E-state index is 14.8. The highest BCUT2D eigenvalue weighted by molar-refractivity contribution is 6.30. The topological polar surface area (TPSA) is 77.2 Å². The number of benzene rings is 1. The van der Waals surface area contributed by atoms with Crippen LogP contribution >= 0.6 is 11.6 Å². The number of carbonyl (C=O) groups is 1. The minimum Gasteiger partial charge on any atom is -0.479 e. The van der Waals surface area contributed by atoms with E-state index in [0.29, 0.717) is 34.3 Å². The number of aromatic nitrogens is 1. The third-order valence-electron chi connectivity index (χ3n) is 5.95. The summed E-state index contributed by atoms with van der Waals surface area (Å²) in [5.74, 6) is -0.409. The van der Waals surface area contributed by atoms with E-state index < -0.39 is 5.41 Å². The summed E-state index contributed by atoms with van der Waals surface area (Å²) in [6, 6.07) is 6.26. The normalized spacial score (nSPS) is 22.4. The highest BCUT2D eigenvalue weighted by Gasteiger charge is 2.59. The predicted molar refractivity (Wildman–Crippen MR) is 106 cm³/mol. The zero-order valence-electron chi connectivity index (χ0n) is 15.7. The largest absolute Gasteiger partial charge is 0.479 e. The predicted octanol–water partition coefficient (Wildman–Crippen LogP) is 4.30. The first-order valence-electron chi connectivity index (χ1n) is 9.09. The summed E-state index contributed by atoms with van der Waals surface area (Å²) < 4.78 is 20.3. The monoisotopic (exact) mass is 401 g/mol. The lowest BCUT2D eigenvalue weighted by Crippen LogP contribution is -2.40. The van der Waals surface area contributed by atoms with Crippen molar-refractivity contribution < 1.29 is 13.9 Å². The van der Waals surface area contributed by atoms with E-state index in [4.69, 9.17) is 22.1 Å². The van der Waals surface area contributed by atoms with Crippen molar-refractivity contribution in [2.75, 3.05) is 11.9 Å². The van der Waals surface area contributed by atoms with Crippen molar-refractivity contribution in [1.29, 1.82) is 0 Å².